The van der Waals surface area contributed by atoms with E-state index in [1.165, 1.54) is 12.1 Å². The van der Waals surface area contributed by atoms with Crippen LogP contribution in [0.15, 0.2) is 24.4 Å². The third-order valence-corrected chi connectivity index (χ3v) is 5.64. The maximum absolute atomic E-state index is 14.6. The van der Waals surface area contributed by atoms with Crippen molar-refractivity contribution in [1.29, 1.82) is 0 Å². The van der Waals surface area contributed by atoms with Gasteiger partial charge in [-0.2, -0.15) is 9.61 Å². The number of benzene rings is 1. The number of aromatic nitrogens is 3. The Morgan fingerprint density at radius 3 is 2.90 bits per heavy atom. The summed E-state index contributed by atoms with van der Waals surface area (Å²) in [5.41, 5.74) is 1.08. The number of carbonyl (C=O) groups is 1. The van der Waals surface area contributed by atoms with Crippen LogP contribution in [0.3, 0.4) is 0 Å². The fraction of sp³-hybridized carbons (Fsp3) is 0.381. The number of hydrogen-bond donors (Lipinski definition) is 3. The summed E-state index contributed by atoms with van der Waals surface area (Å²) in [5, 5.41) is 13.3. The number of rotatable bonds is 6. The second kappa shape index (κ2) is 7.60. The van der Waals surface area contributed by atoms with Crippen LogP contribution in [0, 0.1) is 17.7 Å². The average molecular weight is 426 g/mol. The van der Waals surface area contributed by atoms with Crippen LogP contribution in [-0.4, -0.2) is 40.8 Å². The van der Waals surface area contributed by atoms with Gasteiger partial charge in [-0.05, 0) is 30.4 Å². The molecule has 162 valence electrons. The second-order valence-electron chi connectivity index (χ2n) is 7.87. The van der Waals surface area contributed by atoms with Crippen molar-refractivity contribution >= 4 is 34.6 Å². The monoisotopic (exact) mass is 426 g/mol. The third-order valence-electron chi connectivity index (χ3n) is 5.64. The second-order valence-corrected chi connectivity index (χ2v) is 7.87. The van der Waals surface area contributed by atoms with Gasteiger partial charge in [-0.15, -0.1) is 0 Å². The van der Waals surface area contributed by atoms with Gasteiger partial charge in [-0.3, -0.25) is 4.79 Å². The fourth-order valence-electron chi connectivity index (χ4n) is 3.75. The molecule has 3 N–H and O–H groups in total. The summed E-state index contributed by atoms with van der Waals surface area (Å²) in [4.78, 5) is 17.0. The van der Waals surface area contributed by atoms with Crippen LogP contribution in [0.25, 0.3) is 5.65 Å². The van der Waals surface area contributed by atoms with Crippen molar-refractivity contribution < 1.29 is 18.7 Å². The molecule has 2 atom stereocenters. The highest BCUT2D eigenvalue weighted by Gasteiger charge is 2.34. The van der Waals surface area contributed by atoms with Crippen molar-refractivity contribution in [2.24, 2.45) is 11.8 Å². The molecule has 0 saturated heterocycles. The van der Waals surface area contributed by atoms with Gasteiger partial charge in [0.05, 0.1) is 6.20 Å². The van der Waals surface area contributed by atoms with Gasteiger partial charge in [-0.25, -0.2) is 9.37 Å². The molecule has 10 heteroatoms. The molecule has 2 aliphatic rings. The fourth-order valence-corrected chi connectivity index (χ4v) is 3.75. The van der Waals surface area contributed by atoms with Gasteiger partial charge in [0.25, 0.3) is 0 Å². The Balaban J connectivity index is 1.48. The lowest BCUT2D eigenvalue weighted by Crippen LogP contribution is -2.17. The largest absolute Gasteiger partial charge is 0.486 e. The van der Waals surface area contributed by atoms with Gasteiger partial charge in [-0.1, -0.05) is 6.92 Å². The lowest BCUT2D eigenvalue weighted by Gasteiger charge is -2.22. The van der Waals surface area contributed by atoms with Crippen LogP contribution in [0.5, 0.6) is 11.5 Å². The molecule has 2 aromatic heterocycles. The van der Waals surface area contributed by atoms with E-state index in [-0.39, 0.29) is 11.6 Å². The molecule has 1 aliphatic heterocycles. The van der Waals surface area contributed by atoms with Gasteiger partial charge in [0, 0.05) is 19.5 Å². The van der Waals surface area contributed by atoms with E-state index in [0.29, 0.717) is 65.9 Å². The van der Waals surface area contributed by atoms with Crippen molar-refractivity contribution in [2.45, 2.75) is 19.8 Å². The number of amides is 1. The van der Waals surface area contributed by atoms with E-state index in [1.54, 1.807) is 23.8 Å². The van der Waals surface area contributed by atoms with Gasteiger partial charge in [0.2, 0.25) is 5.91 Å². The molecule has 3 aromatic rings. The van der Waals surface area contributed by atoms with E-state index in [2.05, 4.69) is 33.0 Å². The minimum absolute atomic E-state index is 0.0656. The van der Waals surface area contributed by atoms with Crippen LogP contribution in [0.4, 0.5) is 27.4 Å². The number of anilines is 4. The molecular formula is C21H23FN6O3. The Morgan fingerprint density at radius 2 is 2.13 bits per heavy atom. The highest BCUT2D eigenvalue weighted by molar-refractivity contribution is 5.95. The van der Waals surface area contributed by atoms with Crippen molar-refractivity contribution in [1.82, 2.24) is 14.6 Å². The van der Waals surface area contributed by atoms with E-state index < -0.39 is 5.82 Å². The topological polar surface area (TPSA) is 102 Å². The molecule has 31 heavy (non-hydrogen) atoms. The number of carbonyl (C=O) groups excluding carboxylic acids is 1. The Kier molecular flexibility index (Phi) is 4.76. The summed E-state index contributed by atoms with van der Waals surface area (Å²) in [5.74, 6) is 2.24. The first kappa shape index (κ1) is 19.4. The quantitative estimate of drug-likeness (QED) is 0.555. The summed E-state index contributed by atoms with van der Waals surface area (Å²) < 4.78 is 27.3. The van der Waals surface area contributed by atoms with Crippen molar-refractivity contribution in [3.05, 3.63) is 30.2 Å². The normalized spacial score (nSPS) is 19.2. The molecule has 0 unspecified atom stereocenters. The summed E-state index contributed by atoms with van der Waals surface area (Å²) in [6.07, 6.45) is 3.12. The highest BCUT2D eigenvalue weighted by Crippen LogP contribution is 2.41. The minimum Gasteiger partial charge on any atom is -0.486 e. The Morgan fingerprint density at radius 1 is 1.32 bits per heavy atom. The van der Waals surface area contributed by atoms with Gasteiger partial charge >= 0.3 is 0 Å². The maximum atomic E-state index is 14.6. The first-order chi connectivity index (χ1) is 15.0. The zero-order valence-corrected chi connectivity index (χ0v) is 17.2. The van der Waals surface area contributed by atoms with Gasteiger partial charge in [0.15, 0.2) is 23.0 Å². The third kappa shape index (κ3) is 3.69. The summed E-state index contributed by atoms with van der Waals surface area (Å²) in [6.45, 7) is 2.88. The SMILES string of the molecule is CNc1cc(Nc2c(F)ccc3c2OCCO3)nc2c(NC(=O)C[C@@H]3C[C@@H]3C)cnn12. The molecule has 1 saturated carbocycles. The van der Waals surface area contributed by atoms with E-state index >= 15 is 0 Å². The number of fused-ring (bicyclic) bond motifs is 2. The molecular weight excluding hydrogens is 403 g/mol. The van der Waals surface area contributed by atoms with Crippen LogP contribution in [0.1, 0.15) is 19.8 Å². The van der Waals surface area contributed by atoms with Crippen molar-refractivity contribution in [2.75, 3.05) is 36.2 Å². The Bertz CT molecular complexity index is 1160. The van der Waals surface area contributed by atoms with Crippen LogP contribution in [0.2, 0.25) is 0 Å². The van der Waals surface area contributed by atoms with E-state index in [4.69, 9.17) is 9.47 Å². The highest BCUT2D eigenvalue weighted by atomic mass is 19.1. The van der Waals surface area contributed by atoms with Crippen LogP contribution >= 0.6 is 0 Å². The molecule has 0 radical (unpaired) electrons. The molecule has 1 aromatic carbocycles. The Hall–Kier alpha value is -3.56. The number of hydrogen-bond acceptors (Lipinski definition) is 7. The standard InChI is InChI=1S/C21H23FN6O3/c1-11-7-12(11)8-18(29)25-14-10-24-28-17(23-2)9-16(27-21(14)28)26-19-13(22)3-4-15-20(19)31-6-5-30-15/h3-4,9-12,23H,5-8H2,1-2H3,(H,25,29)(H,26,27)/t11-,12-/m0/s1. The number of nitrogens with one attached hydrogen (secondary N) is 3. The van der Waals surface area contributed by atoms with Crippen molar-refractivity contribution in [3.8, 4) is 11.5 Å². The molecule has 1 fully saturated rings. The number of halogens is 1. The van der Waals surface area contributed by atoms with Crippen molar-refractivity contribution in [3.63, 3.8) is 0 Å². The lowest BCUT2D eigenvalue weighted by atomic mass is 10.2. The zero-order chi connectivity index (χ0) is 21.5. The molecule has 3 heterocycles. The smallest absolute Gasteiger partial charge is 0.224 e. The summed E-state index contributed by atoms with van der Waals surface area (Å²) >= 11 is 0. The maximum Gasteiger partial charge on any atom is 0.224 e. The molecule has 9 nitrogen and oxygen atoms in total. The summed E-state index contributed by atoms with van der Waals surface area (Å²) in [6, 6.07) is 4.55. The van der Waals surface area contributed by atoms with Crippen LogP contribution in [-0.2, 0) is 4.79 Å². The molecule has 5 rings (SSSR count). The average Bonchev–Trinajstić information content (AvgIpc) is 3.31. The van der Waals surface area contributed by atoms with Crippen LogP contribution < -0.4 is 25.4 Å². The molecule has 1 amide bonds. The zero-order valence-electron chi connectivity index (χ0n) is 17.2. The lowest BCUT2D eigenvalue weighted by molar-refractivity contribution is -0.116. The van der Waals surface area contributed by atoms with E-state index in [0.717, 1.165) is 6.42 Å². The molecule has 0 spiro atoms. The van der Waals surface area contributed by atoms with Gasteiger partial charge in [0.1, 0.15) is 36.2 Å². The first-order valence-electron chi connectivity index (χ1n) is 10.2. The number of nitrogens with zero attached hydrogens (tertiary/aromatic N) is 3. The van der Waals surface area contributed by atoms with Gasteiger partial charge < -0.3 is 25.4 Å². The predicted octanol–water partition coefficient (Wildman–Crippen LogP) is 3.41. The van der Waals surface area contributed by atoms with E-state index in [9.17, 15) is 9.18 Å². The first-order valence-corrected chi connectivity index (χ1v) is 10.2. The molecule has 0 bridgehead atoms. The van der Waals surface area contributed by atoms with E-state index in [1.807, 2.05) is 0 Å². The number of ether oxygens (including phenoxy) is 2. The predicted molar refractivity (Wildman–Crippen MR) is 114 cm³/mol. The Labute approximate surface area is 177 Å². The minimum atomic E-state index is -0.488. The summed E-state index contributed by atoms with van der Waals surface area (Å²) in [7, 11) is 1.74. The molecule has 1 aliphatic carbocycles.